The highest BCUT2D eigenvalue weighted by Gasteiger charge is 2.00. The van der Waals surface area contributed by atoms with Crippen molar-refractivity contribution in [2.75, 3.05) is 25.6 Å². The van der Waals surface area contributed by atoms with Gasteiger partial charge in [0.2, 0.25) is 12.2 Å². The molecule has 0 spiro atoms. The van der Waals surface area contributed by atoms with Crippen LogP contribution in [0.5, 0.6) is 6.01 Å². The Balaban J connectivity index is 0. The SMILES string of the molecule is CN(C)C=O.Cc1nc(N)[nH+]c(N)n1.O.O=c1cc(Cl)nc([O-])[nH]1. The molecule has 2 aromatic rings. The molecule has 0 aromatic carbocycles. The standard InChI is InChI=1S/C4H3ClN2O2.C4H7N5.C3H7NO.H2O/c5-2-1-3(8)7-4(9)6-2;1-2-7-3(5)9-4(6)8-2;1-4(2)3-5;/h1H,(H2,6,7,8,9);1H3,(H4,5,6,7,8,9);3H,1-2H3;1H2. The van der Waals surface area contributed by atoms with Crippen molar-refractivity contribution in [2.24, 2.45) is 0 Å². The van der Waals surface area contributed by atoms with Crippen molar-refractivity contribution < 1.29 is 20.4 Å². The largest absolute Gasteiger partial charge is 0.846 e. The molecular weight excluding hydrogens is 344 g/mol. The summed E-state index contributed by atoms with van der Waals surface area (Å²) in [6.07, 6.45) is 0.750. The van der Waals surface area contributed by atoms with E-state index in [0.717, 1.165) is 12.5 Å². The summed E-state index contributed by atoms with van der Waals surface area (Å²) in [6.45, 7) is 1.72. The first kappa shape index (κ1) is 23.3. The van der Waals surface area contributed by atoms with E-state index in [-0.39, 0.29) is 10.6 Å². The van der Waals surface area contributed by atoms with Gasteiger partial charge < -0.3 is 31.9 Å². The van der Waals surface area contributed by atoms with Crippen LogP contribution >= 0.6 is 11.6 Å². The fourth-order valence-corrected chi connectivity index (χ4v) is 1.14. The Morgan fingerprint density at radius 3 is 2.04 bits per heavy atom. The lowest BCUT2D eigenvalue weighted by Gasteiger charge is -1.99. The van der Waals surface area contributed by atoms with Gasteiger partial charge in [-0.25, -0.2) is 9.97 Å². The summed E-state index contributed by atoms with van der Waals surface area (Å²) in [5.74, 6) is 1.16. The number of H-pyrrole nitrogens is 2. The number of halogens is 1. The molecular formula is C11H19ClN8O4. The van der Waals surface area contributed by atoms with E-state index in [1.54, 1.807) is 21.0 Å². The number of nitrogens with two attached hydrogens (primary N) is 2. The zero-order chi connectivity index (χ0) is 18.0. The molecule has 2 aromatic heterocycles. The van der Waals surface area contributed by atoms with Gasteiger partial charge in [-0.3, -0.25) is 9.59 Å². The predicted octanol–water partition coefficient (Wildman–Crippen LogP) is -2.86. The first-order valence-corrected chi connectivity index (χ1v) is 6.36. The van der Waals surface area contributed by atoms with Gasteiger partial charge in [-0.2, -0.15) is 0 Å². The molecule has 2 heterocycles. The molecule has 0 atom stereocenters. The van der Waals surface area contributed by atoms with Crippen molar-refractivity contribution in [1.29, 1.82) is 0 Å². The number of aromatic nitrogens is 5. The van der Waals surface area contributed by atoms with E-state index in [2.05, 4.69) is 19.9 Å². The van der Waals surface area contributed by atoms with Crippen LogP contribution in [0.25, 0.3) is 0 Å². The number of hydrogen-bond donors (Lipinski definition) is 3. The Labute approximate surface area is 141 Å². The third-order valence-corrected chi connectivity index (χ3v) is 1.91. The molecule has 13 heteroatoms. The molecule has 0 saturated carbocycles. The highest BCUT2D eigenvalue weighted by molar-refractivity contribution is 6.29. The van der Waals surface area contributed by atoms with E-state index in [1.165, 1.54) is 4.90 Å². The number of nitrogen functional groups attached to an aromatic ring is 2. The maximum Gasteiger partial charge on any atom is 0.318 e. The summed E-state index contributed by atoms with van der Waals surface area (Å²) in [5.41, 5.74) is 10.0. The molecule has 0 bridgehead atoms. The number of rotatable bonds is 1. The van der Waals surface area contributed by atoms with Crippen molar-refractivity contribution in [3.63, 3.8) is 0 Å². The first-order chi connectivity index (χ1) is 10.6. The van der Waals surface area contributed by atoms with Crippen LogP contribution in [-0.4, -0.2) is 50.8 Å². The van der Waals surface area contributed by atoms with Gasteiger partial charge in [0.05, 0.1) is 6.01 Å². The lowest BCUT2D eigenvalue weighted by Crippen LogP contribution is -2.20. The van der Waals surface area contributed by atoms with Crippen LogP contribution < -0.4 is 27.1 Å². The number of carbonyl (C=O) groups excluding carboxylic acids is 1. The molecule has 0 radical (unpaired) electrons. The summed E-state index contributed by atoms with van der Waals surface area (Å²) in [6, 6.07) is 0.315. The quantitative estimate of drug-likeness (QED) is 0.353. The number of hydrogen-bond acceptors (Lipinski definition) is 8. The number of nitrogens with zero attached hydrogens (tertiary/aromatic N) is 4. The summed E-state index contributed by atoms with van der Waals surface area (Å²) in [7, 11) is 3.38. The number of aromatic amines is 2. The lowest BCUT2D eigenvalue weighted by molar-refractivity contribution is -0.351. The number of aryl methyl sites for hydroxylation is 1. The molecule has 134 valence electrons. The maximum absolute atomic E-state index is 10.3. The minimum Gasteiger partial charge on any atom is -0.846 e. The van der Waals surface area contributed by atoms with Crippen LogP contribution in [-0.2, 0) is 4.79 Å². The van der Waals surface area contributed by atoms with Gasteiger partial charge in [0.15, 0.2) is 0 Å². The van der Waals surface area contributed by atoms with Gasteiger partial charge in [-0.15, -0.1) is 9.97 Å². The van der Waals surface area contributed by atoms with Crippen molar-refractivity contribution in [1.82, 2.24) is 24.8 Å². The topological polar surface area (TPSA) is 213 Å². The van der Waals surface area contributed by atoms with E-state index < -0.39 is 11.6 Å². The van der Waals surface area contributed by atoms with Crippen LogP contribution in [0.3, 0.4) is 0 Å². The first-order valence-electron chi connectivity index (χ1n) is 5.98. The monoisotopic (exact) mass is 362 g/mol. The zero-order valence-electron chi connectivity index (χ0n) is 13.2. The third kappa shape index (κ3) is 11.6. The Morgan fingerprint density at radius 2 is 1.75 bits per heavy atom. The highest BCUT2D eigenvalue weighted by Crippen LogP contribution is 1.99. The minimum atomic E-state index is -0.715. The lowest BCUT2D eigenvalue weighted by atomic mass is 10.7. The molecule has 24 heavy (non-hydrogen) atoms. The molecule has 12 nitrogen and oxygen atoms in total. The minimum absolute atomic E-state index is 0. The van der Waals surface area contributed by atoms with E-state index in [0.29, 0.717) is 17.7 Å². The number of anilines is 2. The summed E-state index contributed by atoms with van der Waals surface area (Å²) in [4.78, 5) is 36.4. The predicted molar refractivity (Wildman–Crippen MR) is 84.8 cm³/mol. The van der Waals surface area contributed by atoms with Crippen molar-refractivity contribution >= 4 is 29.9 Å². The Kier molecular flexibility index (Phi) is 11.2. The molecule has 0 aliphatic heterocycles. The zero-order valence-corrected chi connectivity index (χ0v) is 14.0. The van der Waals surface area contributed by atoms with Crippen LogP contribution in [0, 0.1) is 6.92 Å². The normalized spacial score (nSPS) is 8.50. The highest BCUT2D eigenvalue weighted by atomic mass is 35.5. The maximum atomic E-state index is 10.3. The second kappa shape index (κ2) is 11.6. The molecule has 0 unspecified atom stereocenters. The Bertz CT molecular complexity index is 620. The fraction of sp³-hybridized carbons (Fsp3) is 0.273. The fourth-order valence-electron chi connectivity index (χ4n) is 0.968. The van der Waals surface area contributed by atoms with Gasteiger partial charge in [0, 0.05) is 27.1 Å². The van der Waals surface area contributed by atoms with E-state index in [4.69, 9.17) is 23.1 Å². The van der Waals surface area contributed by atoms with E-state index in [9.17, 15) is 14.7 Å². The van der Waals surface area contributed by atoms with Crippen LogP contribution in [0.15, 0.2) is 10.9 Å². The molecule has 0 fully saturated rings. The average molecular weight is 363 g/mol. The van der Waals surface area contributed by atoms with Crippen molar-refractivity contribution in [3.8, 4) is 6.01 Å². The Hall–Kier alpha value is -2.99. The number of nitrogens with one attached hydrogen (secondary N) is 2. The van der Waals surface area contributed by atoms with E-state index in [1.807, 2.05) is 4.98 Å². The second-order valence-corrected chi connectivity index (χ2v) is 4.50. The smallest absolute Gasteiger partial charge is 0.318 e. The van der Waals surface area contributed by atoms with Gasteiger partial charge in [-0.05, 0) is 0 Å². The van der Waals surface area contributed by atoms with Crippen LogP contribution in [0.2, 0.25) is 5.15 Å². The molecule has 0 aliphatic rings. The molecule has 0 saturated heterocycles. The molecule has 2 rings (SSSR count). The third-order valence-electron chi connectivity index (χ3n) is 1.72. The Morgan fingerprint density at radius 1 is 1.29 bits per heavy atom. The van der Waals surface area contributed by atoms with Crippen molar-refractivity contribution in [2.45, 2.75) is 6.92 Å². The van der Waals surface area contributed by atoms with Gasteiger partial charge in [0.25, 0.3) is 5.56 Å². The van der Waals surface area contributed by atoms with E-state index >= 15 is 0 Å². The molecule has 0 aliphatic carbocycles. The van der Waals surface area contributed by atoms with Gasteiger partial charge in [0.1, 0.15) is 5.15 Å². The second-order valence-electron chi connectivity index (χ2n) is 4.11. The average Bonchev–Trinajstić information content (AvgIpc) is 2.36. The van der Waals surface area contributed by atoms with Gasteiger partial charge >= 0.3 is 11.9 Å². The number of carbonyl (C=O) groups is 1. The number of amides is 1. The summed E-state index contributed by atoms with van der Waals surface area (Å²) >= 11 is 5.22. The van der Waals surface area contributed by atoms with Crippen LogP contribution in [0.1, 0.15) is 5.82 Å². The molecule has 1 amide bonds. The summed E-state index contributed by atoms with van der Waals surface area (Å²) in [5, 5.41) is 10.2. The molecule has 8 N–H and O–H groups in total. The summed E-state index contributed by atoms with van der Waals surface area (Å²) < 4.78 is 0. The van der Waals surface area contributed by atoms with Crippen molar-refractivity contribution in [3.05, 3.63) is 27.4 Å². The van der Waals surface area contributed by atoms with Crippen LogP contribution in [0.4, 0.5) is 11.9 Å². The van der Waals surface area contributed by atoms with Gasteiger partial charge in [-0.1, -0.05) is 11.6 Å².